The molecule has 0 spiro atoms. The molecule has 0 atom stereocenters. The molecular weight excluding hydrogens is 996 g/mol. The summed E-state index contributed by atoms with van der Waals surface area (Å²) in [5.41, 5.74) is 13.6. The van der Waals surface area contributed by atoms with E-state index >= 15 is 0 Å². The number of aryl methyl sites for hydroxylation is 8. The van der Waals surface area contributed by atoms with Crippen molar-refractivity contribution in [1.29, 1.82) is 0 Å². The number of hydrogen-bond donors (Lipinski definition) is 5. The van der Waals surface area contributed by atoms with Crippen molar-refractivity contribution in [2.45, 2.75) is 87.0 Å². The maximum atomic E-state index is 12.1. The van der Waals surface area contributed by atoms with Crippen LogP contribution in [0.25, 0.3) is 0 Å². The van der Waals surface area contributed by atoms with Gasteiger partial charge in [-0.2, -0.15) is 0 Å². The van der Waals surface area contributed by atoms with Gasteiger partial charge in [-0.25, -0.2) is 19.2 Å². The van der Waals surface area contributed by atoms with Gasteiger partial charge in [0.05, 0.1) is 19.8 Å². The van der Waals surface area contributed by atoms with Crippen LogP contribution < -0.4 is 0 Å². The summed E-state index contributed by atoms with van der Waals surface area (Å²) in [7, 11) is 0. The number of rotatable bonds is 18. The van der Waals surface area contributed by atoms with E-state index in [1.165, 1.54) is 28.3 Å². The Morgan fingerprint density at radius 2 is 0.818 bits per heavy atom. The third-order valence-corrected chi connectivity index (χ3v) is 11.4. The minimum atomic E-state index is -0.910. The number of carbonyl (C=O) groups excluding carboxylic acids is 5. The molecule has 0 radical (unpaired) electrons. The third kappa shape index (κ3) is 22.9. The molecule has 0 bridgehead atoms. The summed E-state index contributed by atoms with van der Waals surface area (Å²) in [5.74, 6) is -1.96. The highest BCUT2D eigenvalue weighted by Gasteiger charge is 2.15. The Balaban J connectivity index is 0.000000213. The van der Waals surface area contributed by atoms with Gasteiger partial charge in [-0.05, 0) is 149 Å². The average molecular weight is 1070 g/mol. The SMILES string of the molecule is CCOC(=O)c1cc(C(=O)Cc2cccc(C)c2)c[nH]1.CCOC(=O)c1cc(CCc2cccc(C)c2)c[nH]1.CCOC(=O)c1ccc[nH]1.Cc1cccc(CC(=O)Cl)c1.Cc1cccc(CCc2c[nH]c(C(=O)O)c2)c1. The van der Waals surface area contributed by atoms with Crippen molar-refractivity contribution >= 4 is 46.5 Å². The number of aromatic carboxylic acids is 1. The zero-order chi connectivity index (χ0) is 56.1. The molecule has 0 saturated heterocycles. The second-order valence-electron chi connectivity index (χ2n) is 17.8. The highest BCUT2D eigenvalue weighted by molar-refractivity contribution is 6.63. The summed E-state index contributed by atoms with van der Waals surface area (Å²) < 4.78 is 14.5. The van der Waals surface area contributed by atoms with E-state index in [0.29, 0.717) is 55.3 Å². The first kappa shape index (κ1) is 61.1. The standard InChI is InChI=1S/C16H17NO3.C16H19NO2.C14H15NO2.C9H9ClO.C7H9NO2/c1-3-20-16(19)14-9-13(10-17-14)15(18)8-12-6-4-5-11(2)7-12;1-3-19-16(18)15-10-14(11-17-15)8-7-13-6-4-5-12(2)9-13;1-10-3-2-4-11(7-10)5-6-12-8-13(14(16)17)15-9-12;1-7-3-2-4-8(5-7)6-9(10)11;1-2-10-7(9)6-4-3-5-8-6/h4-7,9-10,17H,3,8H2,1-2H3;4-6,9-11,17H,3,7-8H2,1-2H3;2-4,7-9,15H,5-6H2,1H3,(H,16,17);2-5H,6H2,1H3;3-5,8H,2H2,1H3. The number of aromatic nitrogens is 4. The number of hydrogen-bond acceptors (Lipinski definition) is 9. The molecular formula is C62H69ClN4O10. The lowest BCUT2D eigenvalue weighted by atomic mass is 10.0. The van der Waals surface area contributed by atoms with Crippen LogP contribution >= 0.6 is 11.6 Å². The summed E-state index contributed by atoms with van der Waals surface area (Å²) >= 11 is 5.23. The fraction of sp³-hybridized carbons (Fsp3) is 0.258. The number of aromatic amines is 4. The maximum absolute atomic E-state index is 12.1. The zero-order valence-corrected chi connectivity index (χ0v) is 45.6. The van der Waals surface area contributed by atoms with E-state index in [1.807, 2.05) is 80.7 Å². The Morgan fingerprint density at radius 3 is 1.23 bits per heavy atom. The van der Waals surface area contributed by atoms with Crippen LogP contribution in [0.3, 0.4) is 0 Å². The van der Waals surface area contributed by atoms with Crippen molar-refractivity contribution in [2.24, 2.45) is 0 Å². The number of carboxylic acids is 1. The van der Waals surface area contributed by atoms with Crippen LogP contribution in [0.4, 0.5) is 0 Å². The van der Waals surface area contributed by atoms with Crippen molar-refractivity contribution in [3.05, 3.63) is 236 Å². The van der Waals surface area contributed by atoms with E-state index in [-0.39, 0.29) is 28.7 Å². The first-order valence-corrected chi connectivity index (χ1v) is 25.7. The van der Waals surface area contributed by atoms with Gasteiger partial charge < -0.3 is 39.3 Å². The van der Waals surface area contributed by atoms with Crippen molar-refractivity contribution < 1.29 is 48.1 Å². The van der Waals surface area contributed by atoms with Gasteiger partial charge in [-0.1, -0.05) is 119 Å². The van der Waals surface area contributed by atoms with Crippen molar-refractivity contribution in [3.8, 4) is 0 Å². The van der Waals surface area contributed by atoms with E-state index in [2.05, 4.69) is 76.2 Å². The molecule has 0 fully saturated rings. The van der Waals surface area contributed by atoms with E-state index in [9.17, 15) is 28.8 Å². The third-order valence-electron chi connectivity index (χ3n) is 11.2. The number of esters is 3. The molecule has 8 rings (SSSR count). The molecule has 0 unspecified atom stereocenters. The molecule has 0 amide bonds. The van der Waals surface area contributed by atoms with Crippen LogP contribution in [0.2, 0.25) is 0 Å². The van der Waals surface area contributed by atoms with Crippen LogP contribution in [0, 0.1) is 27.7 Å². The second kappa shape index (κ2) is 32.7. The fourth-order valence-corrected chi connectivity index (χ4v) is 7.72. The molecule has 14 nitrogen and oxygen atoms in total. The Morgan fingerprint density at radius 1 is 0.429 bits per heavy atom. The van der Waals surface area contributed by atoms with Gasteiger partial charge in [-0.3, -0.25) is 9.59 Å². The van der Waals surface area contributed by atoms with E-state index in [0.717, 1.165) is 59.1 Å². The highest BCUT2D eigenvalue weighted by Crippen LogP contribution is 2.15. The maximum Gasteiger partial charge on any atom is 0.354 e. The Labute approximate surface area is 455 Å². The smallest absolute Gasteiger partial charge is 0.354 e. The summed E-state index contributed by atoms with van der Waals surface area (Å²) in [6, 6.07) is 41.0. The number of H-pyrrole nitrogens is 4. The Bertz CT molecular complexity index is 3130. The number of ketones is 1. The van der Waals surface area contributed by atoms with E-state index < -0.39 is 11.9 Å². The van der Waals surface area contributed by atoms with Crippen molar-refractivity contribution in [1.82, 2.24) is 19.9 Å². The van der Waals surface area contributed by atoms with Crippen LogP contribution in [-0.4, -0.2) is 79.8 Å². The molecule has 4 aromatic heterocycles. The number of benzene rings is 4. The molecule has 15 heteroatoms. The molecule has 0 aliphatic rings. The first-order chi connectivity index (χ1) is 37.0. The number of nitrogens with one attached hydrogen (secondary N) is 4. The van der Waals surface area contributed by atoms with E-state index in [1.54, 1.807) is 57.6 Å². The lowest BCUT2D eigenvalue weighted by Gasteiger charge is -2.01. The topological polar surface area (TPSA) is 213 Å². The van der Waals surface area contributed by atoms with Crippen LogP contribution in [0.15, 0.2) is 152 Å². The van der Waals surface area contributed by atoms with Crippen LogP contribution in [0.1, 0.15) is 129 Å². The molecule has 5 N–H and O–H groups in total. The number of carbonyl (C=O) groups is 6. The summed E-state index contributed by atoms with van der Waals surface area (Å²) in [5, 5.41) is 8.48. The number of ether oxygens (including phenoxy) is 3. The minimum Gasteiger partial charge on any atom is -0.477 e. The lowest BCUT2D eigenvalue weighted by molar-refractivity contribution is -0.111. The molecule has 404 valence electrons. The zero-order valence-electron chi connectivity index (χ0n) is 44.8. The highest BCUT2D eigenvalue weighted by atomic mass is 35.5. The van der Waals surface area contributed by atoms with Crippen LogP contribution in [0.5, 0.6) is 0 Å². The minimum absolute atomic E-state index is 0.0256. The van der Waals surface area contributed by atoms with Gasteiger partial charge in [0.15, 0.2) is 5.78 Å². The fourth-order valence-electron chi connectivity index (χ4n) is 7.57. The number of halogens is 1. The summed E-state index contributed by atoms with van der Waals surface area (Å²) in [6.07, 6.45) is 11.2. The van der Waals surface area contributed by atoms with Gasteiger partial charge in [0, 0.05) is 43.2 Å². The molecule has 77 heavy (non-hydrogen) atoms. The lowest BCUT2D eigenvalue weighted by Crippen LogP contribution is -2.05. The average Bonchev–Trinajstić information content (AvgIpc) is 4.25. The van der Waals surface area contributed by atoms with Crippen LogP contribution in [-0.2, 0) is 57.5 Å². The largest absolute Gasteiger partial charge is 0.477 e. The first-order valence-electron chi connectivity index (χ1n) is 25.3. The van der Waals surface area contributed by atoms with Crippen molar-refractivity contribution in [3.63, 3.8) is 0 Å². The summed E-state index contributed by atoms with van der Waals surface area (Å²) in [6.45, 7) is 14.6. The predicted octanol–water partition coefficient (Wildman–Crippen LogP) is 12.5. The molecule has 0 saturated carbocycles. The quantitative estimate of drug-likeness (QED) is 0.0237. The second-order valence-corrected chi connectivity index (χ2v) is 18.2. The van der Waals surface area contributed by atoms with Gasteiger partial charge in [-0.15, -0.1) is 0 Å². The number of carboxylic acid groups (broad SMARTS) is 1. The predicted molar refractivity (Wildman–Crippen MR) is 300 cm³/mol. The van der Waals surface area contributed by atoms with Gasteiger partial charge in [0.1, 0.15) is 22.8 Å². The van der Waals surface area contributed by atoms with Gasteiger partial charge in [0.25, 0.3) is 0 Å². The molecule has 0 aliphatic heterocycles. The summed E-state index contributed by atoms with van der Waals surface area (Å²) in [4.78, 5) is 78.5. The normalized spacial score (nSPS) is 10.1. The van der Waals surface area contributed by atoms with Gasteiger partial charge >= 0.3 is 23.9 Å². The molecule has 0 aliphatic carbocycles. The van der Waals surface area contributed by atoms with Crippen molar-refractivity contribution in [2.75, 3.05) is 19.8 Å². The number of Topliss-reactive ketones (excluding diaryl/α,β-unsaturated/α-hetero) is 1. The molecule has 8 aromatic rings. The molecule has 4 aromatic carbocycles. The van der Waals surface area contributed by atoms with Gasteiger partial charge in [0.2, 0.25) is 5.24 Å². The Kier molecular flexibility index (Phi) is 26.0. The van der Waals surface area contributed by atoms with E-state index in [4.69, 9.17) is 30.9 Å². The Hall–Kier alpha value is -8.49. The monoisotopic (exact) mass is 1060 g/mol. The molecule has 4 heterocycles.